The van der Waals surface area contributed by atoms with E-state index >= 15 is 0 Å². The second-order valence-corrected chi connectivity index (χ2v) is 11.0. The summed E-state index contributed by atoms with van der Waals surface area (Å²) in [4.78, 5) is 17.3. The summed E-state index contributed by atoms with van der Waals surface area (Å²) in [6.07, 6.45) is 2.40. The van der Waals surface area contributed by atoms with Crippen molar-refractivity contribution in [2.75, 3.05) is 13.1 Å². The molecular formula is C22H22N2O3S3. The van der Waals surface area contributed by atoms with Crippen LogP contribution >= 0.6 is 22.7 Å². The summed E-state index contributed by atoms with van der Waals surface area (Å²) in [5.74, 6) is -0.209. The van der Waals surface area contributed by atoms with E-state index in [1.807, 2.05) is 29.0 Å². The maximum absolute atomic E-state index is 13.2. The summed E-state index contributed by atoms with van der Waals surface area (Å²) in [6, 6.07) is 12.3. The van der Waals surface area contributed by atoms with Crippen molar-refractivity contribution >= 4 is 38.6 Å². The molecule has 8 heteroatoms. The van der Waals surface area contributed by atoms with Gasteiger partial charge in [0.2, 0.25) is 10.0 Å². The number of thiophene rings is 2. The molecule has 30 heavy (non-hydrogen) atoms. The molecule has 0 spiro atoms. The Morgan fingerprint density at radius 1 is 1.17 bits per heavy atom. The SMILES string of the molecule is C=CCN(Cc1cccs1)C(=O)c1cccc(S(=O)(=O)N2CCc3sccc3C2)c1. The first-order valence-corrected chi connectivity index (χ1v) is 12.8. The summed E-state index contributed by atoms with van der Waals surface area (Å²) in [5, 5.41) is 3.97. The van der Waals surface area contributed by atoms with Crippen LogP contribution in [-0.4, -0.2) is 36.6 Å². The highest BCUT2D eigenvalue weighted by Gasteiger charge is 2.29. The smallest absolute Gasteiger partial charge is 0.254 e. The molecule has 156 valence electrons. The number of hydrogen-bond acceptors (Lipinski definition) is 5. The topological polar surface area (TPSA) is 57.7 Å². The molecule has 0 fully saturated rings. The van der Waals surface area contributed by atoms with Gasteiger partial charge in [0.05, 0.1) is 11.4 Å². The number of amides is 1. The molecule has 1 aliphatic heterocycles. The Hall–Kier alpha value is -2.26. The predicted octanol–water partition coefficient (Wildman–Crippen LogP) is 4.39. The zero-order chi connectivity index (χ0) is 21.1. The maximum atomic E-state index is 13.2. The van der Waals surface area contributed by atoms with Crippen LogP contribution in [0.3, 0.4) is 0 Å². The van der Waals surface area contributed by atoms with Gasteiger partial charge in [0.1, 0.15) is 0 Å². The summed E-state index contributed by atoms with van der Waals surface area (Å²) < 4.78 is 28.0. The number of fused-ring (bicyclic) bond motifs is 1. The van der Waals surface area contributed by atoms with Crippen molar-refractivity contribution in [1.82, 2.24) is 9.21 Å². The van der Waals surface area contributed by atoms with E-state index in [4.69, 9.17) is 0 Å². The van der Waals surface area contributed by atoms with Crippen molar-refractivity contribution in [2.24, 2.45) is 0 Å². The lowest BCUT2D eigenvalue weighted by Gasteiger charge is -2.26. The molecule has 0 radical (unpaired) electrons. The second kappa shape index (κ2) is 8.85. The van der Waals surface area contributed by atoms with Gasteiger partial charge in [-0.1, -0.05) is 18.2 Å². The van der Waals surface area contributed by atoms with Crippen molar-refractivity contribution in [2.45, 2.75) is 24.4 Å². The van der Waals surface area contributed by atoms with E-state index in [2.05, 4.69) is 6.58 Å². The van der Waals surface area contributed by atoms with E-state index < -0.39 is 10.0 Å². The van der Waals surface area contributed by atoms with Crippen LogP contribution in [0, 0.1) is 0 Å². The molecule has 0 N–H and O–H groups in total. The lowest BCUT2D eigenvalue weighted by molar-refractivity contribution is 0.0764. The highest BCUT2D eigenvalue weighted by Crippen LogP contribution is 2.28. The predicted molar refractivity (Wildman–Crippen MR) is 121 cm³/mol. The number of benzene rings is 1. The van der Waals surface area contributed by atoms with Crippen LogP contribution in [0.1, 0.15) is 25.7 Å². The van der Waals surface area contributed by atoms with Gasteiger partial charge in [-0.3, -0.25) is 4.79 Å². The lowest BCUT2D eigenvalue weighted by Crippen LogP contribution is -2.35. The fraction of sp³-hybridized carbons (Fsp3) is 0.227. The zero-order valence-electron chi connectivity index (χ0n) is 16.4. The minimum atomic E-state index is -3.68. The van der Waals surface area contributed by atoms with E-state index in [0.717, 1.165) is 16.9 Å². The molecule has 0 unspecified atom stereocenters. The molecule has 0 aliphatic carbocycles. The molecule has 5 nitrogen and oxygen atoms in total. The van der Waals surface area contributed by atoms with Gasteiger partial charge in [-0.25, -0.2) is 8.42 Å². The summed E-state index contributed by atoms with van der Waals surface area (Å²) in [6.45, 7) is 5.43. The van der Waals surface area contributed by atoms with Crippen molar-refractivity contribution < 1.29 is 13.2 Å². The van der Waals surface area contributed by atoms with Crippen LogP contribution < -0.4 is 0 Å². The molecule has 1 aliphatic rings. The van der Waals surface area contributed by atoms with Gasteiger partial charge < -0.3 is 4.90 Å². The van der Waals surface area contributed by atoms with Crippen LogP contribution in [-0.2, 0) is 29.5 Å². The number of sulfonamides is 1. The highest BCUT2D eigenvalue weighted by molar-refractivity contribution is 7.89. The Balaban J connectivity index is 1.58. The number of nitrogens with zero attached hydrogens (tertiary/aromatic N) is 2. The average molecular weight is 459 g/mol. The Morgan fingerprint density at radius 2 is 2.03 bits per heavy atom. The van der Waals surface area contributed by atoms with E-state index in [1.165, 1.54) is 15.2 Å². The van der Waals surface area contributed by atoms with Crippen molar-refractivity contribution in [1.29, 1.82) is 0 Å². The van der Waals surface area contributed by atoms with Gasteiger partial charge in [-0.2, -0.15) is 4.31 Å². The molecule has 1 aromatic carbocycles. The maximum Gasteiger partial charge on any atom is 0.254 e. The minimum absolute atomic E-state index is 0.154. The first-order valence-electron chi connectivity index (χ1n) is 9.57. The average Bonchev–Trinajstić information content (AvgIpc) is 3.44. The van der Waals surface area contributed by atoms with Gasteiger partial charge >= 0.3 is 0 Å². The van der Waals surface area contributed by atoms with Crippen LogP contribution in [0.25, 0.3) is 0 Å². The van der Waals surface area contributed by atoms with E-state index in [-0.39, 0.29) is 10.8 Å². The van der Waals surface area contributed by atoms with Crippen LogP contribution in [0.5, 0.6) is 0 Å². The van der Waals surface area contributed by atoms with Gasteiger partial charge in [0.25, 0.3) is 5.91 Å². The summed E-state index contributed by atoms with van der Waals surface area (Å²) in [5.41, 5.74) is 1.43. The molecule has 0 bridgehead atoms. The Labute approximate surface area is 184 Å². The standard InChI is InChI=1S/C22H22N2O3S3/c1-2-10-23(16-19-6-4-12-28-19)22(25)17-5-3-7-20(14-17)30(26,27)24-11-8-21-18(15-24)9-13-29-21/h2-7,9,12-14H,1,8,10-11,15-16H2. The number of rotatable bonds is 7. The lowest BCUT2D eigenvalue weighted by atomic mass is 10.1. The van der Waals surface area contributed by atoms with Gasteiger partial charge in [0.15, 0.2) is 0 Å². The molecule has 3 aromatic rings. The highest BCUT2D eigenvalue weighted by atomic mass is 32.2. The van der Waals surface area contributed by atoms with E-state index in [9.17, 15) is 13.2 Å². The Kier molecular flexibility index (Phi) is 6.19. The van der Waals surface area contributed by atoms with Crippen LogP contribution in [0.15, 0.2) is 70.8 Å². The Morgan fingerprint density at radius 3 is 2.80 bits per heavy atom. The van der Waals surface area contributed by atoms with Gasteiger partial charge in [-0.05, 0) is 53.1 Å². The largest absolute Gasteiger partial charge is 0.330 e. The number of carbonyl (C=O) groups excluding carboxylic acids is 1. The van der Waals surface area contributed by atoms with Crippen molar-refractivity contribution in [3.8, 4) is 0 Å². The third kappa shape index (κ3) is 4.27. The minimum Gasteiger partial charge on any atom is -0.330 e. The normalized spacial score (nSPS) is 14.3. The molecule has 1 amide bonds. The van der Waals surface area contributed by atoms with Crippen molar-refractivity contribution in [3.05, 3.63) is 86.8 Å². The van der Waals surface area contributed by atoms with E-state index in [0.29, 0.717) is 31.7 Å². The van der Waals surface area contributed by atoms with Crippen LogP contribution in [0.2, 0.25) is 0 Å². The molecule has 0 atom stereocenters. The molecule has 0 saturated carbocycles. The first-order chi connectivity index (χ1) is 14.5. The van der Waals surface area contributed by atoms with Crippen molar-refractivity contribution in [3.63, 3.8) is 0 Å². The number of hydrogen-bond donors (Lipinski definition) is 0. The third-order valence-electron chi connectivity index (χ3n) is 5.05. The fourth-order valence-corrected chi connectivity index (χ4v) is 6.59. The van der Waals surface area contributed by atoms with E-state index in [1.54, 1.807) is 51.8 Å². The number of carbonyl (C=O) groups is 1. The van der Waals surface area contributed by atoms with Crippen LogP contribution in [0.4, 0.5) is 0 Å². The summed E-state index contributed by atoms with van der Waals surface area (Å²) >= 11 is 3.25. The first kappa shape index (κ1) is 21.0. The van der Waals surface area contributed by atoms with Gasteiger partial charge in [-0.15, -0.1) is 29.3 Å². The zero-order valence-corrected chi connectivity index (χ0v) is 18.8. The quantitative estimate of drug-likeness (QED) is 0.494. The third-order valence-corrected chi connectivity index (χ3v) is 8.78. The molecule has 4 rings (SSSR count). The second-order valence-electron chi connectivity index (χ2n) is 7.04. The summed E-state index contributed by atoms with van der Waals surface area (Å²) in [7, 11) is -3.68. The molecule has 3 heterocycles. The molecular weight excluding hydrogens is 436 g/mol. The van der Waals surface area contributed by atoms with Gasteiger partial charge in [0, 0.05) is 35.0 Å². The molecule has 0 saturated heterocycles. The fourth-order valence-electron chi connectivity index (χ4n) is 3.51. The monoisotopic (exact) mass is 458 g/mol. The molecule has 2 aromatic heterocycles. The Bertz CT molecular complexity index is 1150.